The number of hydrogen-bond donors (Lipinski definition) is 0. The van der Waals surface area contributed by atoms with Crippen LogP contribution in [0.25, 0.3) is 33.1 Å². The van der Waals surface area contributed by atoms with E-state index in [4.69, 9.17) is 9.72 Å². The molecular weight excluding hydrogens is 327 g/mol. The van der Waals surface area contributed by atoms with E-state index in [2.05, 4.69) is 17.1 Å². The predicted molar refractivity (Wildman–Crippen MR) is 85.5 cm³/mol. The topological polar surface area (TPSA) is 36.3 Å². The number of H-pyrrole nitrogens is 1. The summed E-state index contributed by atoms with van der Waals surface area (Å²) in [6.07, 6.45) is 1.90. The first-order chi connectivity index (χ1) is 11.3. The number of halogens is 2. The Kier molecular flexibility index (Phi) is 3.36. The molecule has 0 fully saturated rings. The van der Waals surface area contributed by atoms with Crippen LogP contribution in [0.4, 0.5) is 4.39 Å². The van der Waals surface area contributed by atoms with Crippen LogP contribution >= 0.6 is 0 Å². The van der Waals surface area contributed by atoms with Crippen molar-refractivity contribution in [3.05, 3.63) is 66.1 Å². The number of nitrogens with one attached hydrogen (secondary N) is 1. The van der Waals surface area contributed by atoms with Crippen molar-refractivity contribution in [1.29, 1.82) is 0 Å². The molecule has 0 saturated heterocycles. The van der Waals surface area contributed by atoms with E-state index in [1.807, 2.05) is 24.4 Å². The summed E-state index contributed by atoms with van der Waals surface area (Å²) in [5, 5.41) is 2.19. The number of aromatic nitrogens is 2. The molecular formula is C19H12ClFN2O. The van der Waals surface area contributed by atoms with Gasteiger partial charge < -0.3 is 17.1 Å². The van der Waals surface area contributed by atoms with Gasteiger partial charge in [0, 0.05) is 22.6 Å². The number of aromatic amines is 1. The van der Waals surface area contributed by atoms with Crippen molar-refractivity contribution in [2.24, 2.45) is 0 Å². The summed E-state index contributed by atoms with van der Waals surface area (Å²) in [6.45, 7) is 0.448. The van der Waals surface area contributed by atoms with Crippen LogP contribution in [0.5, 0.6) is 5.75 Å². The minimum Gasteiger partial charge on any atom is -1.00 e. The first-order valence-corrected chi connectivity index (χ1v) is 7.45. The van der Waals surface area contributed by atoms with Crippen molar-refractivity contribution in [3.63, 3.8) is 0 Å². The third-order valence-corrected chi connectivity index (χ3v) is 4.29. The van der Waals surface area contributed by atoms with E-state index in [0.717, 1.165) is 33.1 Å². The molecule has 3 nitrogen and oxygen atoms in total. The summed E-state index contributed by atoms with van der Waals surface area (Å²) in [5.74, 6) is 0.391. The standard InChI is InChI=1S/C19H11FN2O.ClH/c20-12-5-6-18-15(8-12)19-11(10-23-18)7-14-13-3-1-2-4-16(13)21-9-17(14)22-19;/h1-9H,10H2;1H. The quantitative estimate of drug-likeness (QED) is 0.447. The van der Waals surface area contributed by atoms with E-state index in [1.54, 1.807) is 6.07 Å². The molecule has 118 valence electrons. The molecule has 5 rings (SSSR count). The molecule has 1 aliphatic rings. The Balaban J connectivity index is 0.00000146. The Labute approximate surface area is 143 Å². The van der Waals surface area contributed by atoms with Gasteiger partial charge in [-0.15, -0.1) is 0 Å². The van der Waals surface area contributed by atoms with Gasteiger partial charge in [-0.3, -0.25) is 0 Å². The van der Waals surface area contributed by atoms with Crippen LogP contribution in [0.15, 0.2) is 54.7 Å². The lowest BCUT2D eigenvalue weighted by molar-refractivity contribution is -0.342. The van der Waals surface area contributed by atoms with Crippen molar-refractivity contribution in [3.8, 4) is 17.0 Å². The van der Waals surface area contributed by atoms with Crippen molar-refractivity contribution >= 4 is 21.8 Å². The maximum Gasteiger partial charge on any atom is 0.211 e. The number of rotatable bonds is 0. The second kappa shape index (κ2) is 5.42. The van der Waals surface area contributed by atoms with Gasteiger partial charge in [-0.1, -0.05) is 12.1 Å². The largest absolute Gasteiger partial charge is 1.00 e. The van der Waals surface area contributed by atoms with Gasteiger partial charge in [0.15, 0.2) is 6.20 Å². The third-order valence-electron chi connectivity index (χ3n) is 4.29. The highest BCUT2D eigenvalue weighted by molar-refractivity contribution is 6.03. The van der Waals surface area contributed by atoms with Crippen LogP contribution in [0, 0.1) is 5.82 Å². The molecule has 3 heterocycles. The van der Waals surface area contributed by atoms with Gasteiger partial charge in [-0.05, 0) is 30.3 Å². The van der Waals surface area contributed by atoms with Gasteiger partial charge in [0.25, 0.3) is 0 Å². The molecule has 0 unspecified atom stereocenters. The summed E-state index contributed by atoms with van der Waals surface area (Å²) >= 11 is 0. The minimum absolute atomic E-state index is 0. The molecule has 0 spiro atoms. The van der Waals surface area contributed by atoms with Gasteiger partial charge >= 0.3 is 0 Å². The average Bonchev–Trinajstić information content (AvgIpc) is 2.60. The molecule has 2 aromatic heterocycles. The summed E-state index contributed by atoms with van der Waals surface area (Å²) in [5.41, 5.74) is 4.40. The van der Waals surface area contributed by atoms with Crippen LogP contribution in [0.2, 0.25) is 0 Å². The molecule has 1 aliphatic heterocycles. The van der Waals surface area contributed by atoms with Gasteiger partial charge in [0.05, 0.1) is 11.1 Å². The highest BCUT2D eigenvalue weighted by Crippen LogP contribution is 2.38. The van der Waals surface area contributed by atoms with Crippen molar-refractivity contribution in [1.82, 2.24) is 4.98 Å². The van der Waals surface area contributed by atoms with E-state index in [1.165, 1.54) is 12.1 Å². The molecule has 2 aromatic carbocycles. The zero-order valence-electron chi connectivity index (χ0n) is 12.5. The smallest absolute Gasteiger partial charge is 0.211 e. The van der Waals surface area contributed by atoms with Gasteiger partial charge in [-0.25, -0.2) is 14.4 Å². The molecule has 1 N–H and O–H groups in total. The lowest BCUT2D eigenvalue weighted by Gasteiger charge is -2.20. The Bertz CT molecular complexity index is 1100. The third kappa shape index (κ3) is 2.11. The average molecular weight is 339 g/mol. The fraction of sp³-hybridized carbons (Fsp3) is 0.0526. The molecule has 0 amide bonds. The molecule has 0 atom stereocenters. The Hall–Kier alpha value is -2.72. The molecule has 0 saturated carbocycles. The monoisotopic (exact) mass is 338 g/mol. The maximum absolute atomic E-state index is 13.6. The Morgan fingerprint density at radius 1 is 1.04 bits per heavy atom. The second-order valence-corrected chi connectivity index (χ2v) is 5.69. The summed E-state index contributed by atoms with van der Waals surface area (Å²) in [7, 11) is 0. The zero-order chi connectivity index (χ0) is 15.4. The molecule has 24 heavy (non-hydrogen) atoms. The molecule has 4 aromatic rings. The first kappa shape index (κ1) is 14.8. The number of benzene rings is 2. The Morgan fingerprint density at radius 3 is 2.83 bits per heavy atom. The molecule has 0 radical (unpaired) electrons. The van der Waals surface area contributed by atoms with E-state index in [0.29, 0.717) is 17.9 Å². The molecule has 5 heteroatoms. The van der Waals surface area contributed by atoms with Crippen LogP contribution < -0.4 is 22.1 Å². The van der Waals surface area contributed by atoms with Crippen LogP contribution in [0.3, 0.4) is 0 Å². The second-order valence-electron chi connectivity index (χ2n) is 5.69. The zero-order valence-corrected chi connectivity index (χ0v) is 13.3. The van der Waals surface area contributed by atoms with Crippen molar-refractivity contribution in [2.75, 3.05) is 0 Å². The van der Waals surface area contributed by atoms with Gasteiger partial charge in [0.2, 0.25) is 5.52 Å². The number of ether oxygens (including phenoxy) is 1. The Morgan fingerprint density at radius 2 is 1.92 bits per heavy atom. The van der Waals surface area contributed by atoms with Crippen LogP contribution in [-0.2, 0) is 6.61 Å². The summed E-state index contributed by atoms with van der Waals surface area (Å²) < 4.78 is 19.4. The highest BCUT2D eigenvalue weighted by atomic mass is 35.5. The summed E-state index contributed by atoms with van der Waals surface area (Å²) in [6, 6.07) is 14.8. The number of pyridine rings is 2. The van der Waals surface area contributed by atoms with Gasteiger partial charge in [0.1, 0.15) is 23.7 Å². The highest BCUT2D eigenvalue weighted by Gasteiger charge is 2.21. The number of para-hydroxylation sites is 1. The summed E-state index contributed by atoms with van der Waals surface area (Å²) in [4.78, 5) is 8.04. The van der Waals surface area contributed by atoms with Crippen molar-refractivity contribution < 1.29 is 26.5 Å². The number of hydrogen-bond acceptors (Lipinski definition) is 2. The van der Waals surface area contributed by atoms with Crippen molar-refractivity contribution in [2.45, 2.75) is 6.61 Å². The van der Waals surface area contributed by atoms with E-state index >= 15 is 0 Å². The minimum atomic E-state index is -0.285. The van der Waals surface area contributed by atoms with Crippen LogP contribution in [-0.4, -0.2) is 4.98 Å². The van der Waals surface area contributed by atoms with Gasteiger partial charge in [-0.2, -0.15) is 0 Å². The molecule has 0 bridgehead atoms. The maximum atomic E-state index is 13.6. The van der Waals surface area contributed by atoms with E-state index in [-0.39, 0.29) is 18.2 Å². The normalized spacial score (nSPS) is 12.2. The fourth-order valence-corrected chi connectivity index (χ4v) is 3.20. The lowest BCUT2D eigenvalue weighted by Crippen LogP contribution is -3.00. The predicted octanol–water partition coefficient (Wildman–Crippen LogP) is 0.905. The SMILES string of the molecule is Fc1ccc2c(c1)-c1nc3c[nH+]c4ccccc4c3cc1CO2.[Cl-]. The lowest BCUT2D eigenvalue weighted by atomic mass is 9.99. The first-order valence-electron chi connectivity index (χ1n) is 7.45. The van der Waals surface area contributed by atoms with Crippen LogP contribution in [0.1, 0.15) is 5.56 Å². The number of fused-ring (bicyclic) bond motifs is 6. The van der Waals surface area contributed by atoms with E-state index < -0.39 is 0 Å². The van der Waals surface area contributed by atoms with E-state index in [9.17, 15) is 4.39 Å². The number of nitrogens with zero attached hydrogens (tertiary/aromatic N) is 1. The molecule has 0 aliphatic carbocycles. The fourth-order valence-electron chi connectivity index (χ4n) is 3.20.